The fourth-order valence-electron chi connectivity index (χ4n) is 2.50. The summed E-state index contributed by atoms with van der Waals surface area (Å²) < 4.78 is 23.3. The molecule has 1 N–H and O–H groups in total. The summed E-state index contributed by atoms with van der Waals surface area (Å²) in [7, 11) is 0.620. The molecular formula is C19H24N2O3S. The second kappa shape index (κ2) is 8.27. The number of carbonyl (C=O) groups is 1. The molecule has 0 saturated heterocycles. The zero-order chi connectivity index (χ0) is 18.4. The summed E-state index contributed by atoms with van der Waals surface area (Å²) in [6.45, 7) is 0.476. The van der Waals surface area contributed by atoms with Crippen LogP contribution in [0.1, 0.15) is 15.9 Å². The predicted octanol–water partition coefficient (Wildman–Crippen LogP) is 1.99. The lowest BCUT2D eigenvalue weighted by Gasteiger charge is -2.25. The maximum absolute atomic E-state index is 12.4. The van der Waals surface area contributed by atoms with E-state index in [0.29, 0.717) is 12.1 Å². The van der Waals surface area contributed by atoms with Crippen molar-refractivity contribution in [2.75, 3.05) is 26.9 Å². The van der Waals surface area contributed by atoms with Gasteiger partial charge in [0.05, 0.1) is 4.90 Å². The SMILES string of the molecule is CN(C)C(CNC(=O)c1cccc(S(C)(=O)=O)c1)Cc1ccccc1. The molecule has 0 fully saturated rings. The molecule has 0 aromatic heterocycles. The number of nitrogens with one attached hydrogen (secondary N) is 1. The van der Waals surface area contributed by atoms with Gasteiger partial charge < -0.3 is 10.2 Å². The van der Waals surface area contributed by atoms with E-state index in [4.69, 9.17) is 0 Å². The molecular weight excluding hydrogens is 336 g/mol. The van der Waals surface area contributed by atoms with Gasteiger partial charge >= 0.3 is 0 Å². The third kappa shape index (κ3) is 5.69. The molecule has 2 aromatic carbocycles. The van der Waals surface area contributed by atoms with Gasteiger partial charge in [-0.05, 0) is 44.3 Å². The van der Waals surface area contributed by atoms with Crippen molar-refractivity contribution in [1.82, 2.24) is 10.2 Å². The summed E-state index contributed by atoms with van der Waals surface area (Å²) in [6, 6.07) is 16.3. The number of hydrogen-bond donors (Lipinski definition) is 1. The molecule has 2 aromatic rings. The molecule has 25 heavy (non-hydrogen) atoms. The Labute approximate surface area is 149 Å². The van der Waals surface area contributed by atoms with Gasteiger partial charge in [0.25, 0.3) is 5.91 Å². The van der Waals surface area contributed by atoms with Crippen LogP contribution in [0.2, 0.25) is 0 Å². The fourth-order valence-corrected chi connectivity index (χ4v) is 3.17. The minimum Gasteiger partial charge on any atom is -0.350 e. The summed E-state index contributed by atoms with van der Waals surface area (Å²) >= 11 is 0. The molecule has 0 bridgehead atoms. The summed E-state index contributed by atoms with van der Waals surface area (Å²) in [5.41, 5.74) is 1.55. The molecule has 2 rings (SSSR count). The number of carbonyl (C=O) groups excluding carboxylic acids is 1. The molecule has 0 aliphatic carbocycles. The van der Waals surface area contributed by atoms with Crippen molar-refractivity contribution in [3.05, 3.63) is 65.7 Å². The molecule has 0 saturated carbocycles. The highest BCUT2D eigenvalue weighted by Crippen LogP contribution is 2.12. The maximum atomic E-state index is 12.4. The van der Waals surface area contributed by atoms with Gasteiger partial charge in [-0.15, -0.1) is 0 Å². The number of benzene rings is 2. The van der Waals surface area contributed by atoms with Gasteiger partial charge in [0, 0.05) is 24.4 Å². The lowest BCUT2D eigenvalue weighted by Crippen LogP contribution is -2.41. The van der Waals surface area contributed by atoms with E-state index >= 15 is 0 Å². The highest BCUT2D eigenvalue weighted by Gasteiger charge is 2.16. The number of rotatable bonds is 7. The second-order valence-electron chi connectivity index (χ2n) is 6.32. The van der Waals surface area contributed by atoms with Crippen molar-refractivity contribution in [3.8, 4) is 0 Å². The molecule has 0 aliphatic rings. The Morgan fingerprint density at radius 1 is 1.08 bits per heavy atom. The zero-order valence-corrected chi connectivity index (χ0v) is 15.6. The van der Waals surface area contributed by atoms with Crippen molar-refractivity contribution in [2.45, 2.75) is 17.4 Å². The average molecular weight is 360 g/mol. The van der Waals surface area contributed by atoms with E-state index in [2.05, 4.69) is 22.3 Å². The molecule has 0 heterocycles. The van der Waals surface area contributed by atoms with Crippen LogP contribution < -0.4 is 5.32 Å². The normalized spacial score (nSPS) is 12.8. The van der Waals surface area contributed by atoms with Crippen LogP contribution in [0, 0.1) is 0 Å². The first-order chi connectivity index (χ1) is 11.8. The lowest BCUT2D eigenvalue weighted by molar-refractivity contribution is 0.0941. The minimum atomic E-state index is -3.33. The number of hydrogen-bond acceptors (Lipinski definition) is 4. The highest BCUT2D eigenvalue weighted by atomic mass is 32.2. The van der Waals surface area contributed by atoms with Gasteiger partial charge in [0.1, 0.15) is 0 Å². The van der Waals surface area contributed by atoms with E-state index in [0.717, 1.165) is 12.7 Å². The molecule has 0 spiro atoms. The summed E-state index contributed by atoms with van der Waals surface area (Å²) in [5, 5.41) is 2.90. The Hall–Kier alpha value is -2.18. The zero-order valence-electron chi connectivity index (χ0n) is 14.8. The average Bonchev–Trinajstić information content (AvgIpc) is 2.58. The first kappa shape index (κ1) is 19.1. The van der Waals surface area contributed by atoms with E-state index in [1.165, 1.54) is 17.7 Å². The van der Waals surface area contributed by atoms with Crippen LogP contribution in [0.15, 0.2) is 59.5 Å². The number of likely N-dealkylation sites (N-methyl/N-ethyl adjacent to an activating group) is 1. The summed E-state index contributed by atoms with van der Waals surface area (Å²) in [6.07, 6.45) is 1.95. The molecule has 1 amide bonds. The van der Waals surface area contributed by atoms with Gasteiger partial charge in [0.2, 0.25) is 0 Å². The largest absolute Gasteiger partial charge is 0.350 e. The van der Waals surface area contributed by atoms with Gasteiger partial charge in [-0.2, -0.15) is 0 Å². The molecule has 1 atom stereocenters. The van der Waals surface area contributed by atoms with Crippen molar-refractivity contribution < 1.29 is 13.2 Å². The molecule has 0 radical (unpaired) electrons. The van der Waals surface area contributed by atoms with E-state index in [1.807, 2.05) is 32.3 Å². The van der Waals surface area contributed by atoms with Crippen LogP contribution in [-0.2, 0) is 16.3 Å². The monoisotopic (exact) mass is 360 g/mol. The first-order valence-corrected chi connectivity index (χ1v) is 9.95. The highest BCUT2D eigenvalue weighted by molar-refractivity contribution is 7.90. The molecule has 0 aliphatic heterocycles. The Morgan fingerprint density at radius 3 is 2.36 bits per heavy atom. The third-order valence-electron chi connectivity index (χ3n) is 4.07. The Balaban J connectivity index is 2.04. The Morgan fingerprint density at radius 2 is 1.76 bits per heavy atom. The van der Waals surface area contributed by atoms with E-state index in [-0.39, 0.29) is 16.8 Å². The second-order valence-corrected chi connectivity index (χ2v) is 8.33. The van der Waals surface area contributed by atoms with Gasteiger partial charge in [-0.1, -0.05) is 36.4 Å². The summed E-state index contributed by atoms with van der Waals surface area (Å²) in [5.74, 6) is -0.273. The Kier molecular flexibility index (Phi) is 6.33. The van der Waals surface area contributed by atoms with Crippen molar-refractivity contribution in [2.24, 2.45) is 0 Å². The minimum absolute atomic E-state index is 0.143. The summed E-state index contributed by atoms with van der Waals surface area (Å²) in [4.78, 5) is 14.6. The van der Waals surface area contributed by atoms with Crippen LogP contribution in [0.4, 0.5) is 0 Å². The quantitative estimate of drug-likeness (QED) is 0.820. The van der Waals surface area contributed by atoms with Crippen LogP contribution in [-0.4, -0.2) is 52.2 Å². The number of nitrogens with zero attached hydrogens (tertiary/aromatic N) is 1. The van der Waals surface area contributed by atoms with Gasteiger partial charge in [-0.3, -0.25) is 4.79 Å². The van der Waals surface area contributed by atoms with E-state index in [9.17, 15) is 13.2 Å². The molecule has 1 unspecified atom stereocenters. The van der Waals surface area contributed by atoms with E-state index < -0.39 is 9.84 Å². The van der Waals surface area contributed by atoms with Crippen molar-refractivity contribution in [3.63, 3.8) is 0 Å². The van der Waals surface area contributed by atoms with Crippen LogP contribution in [0.5, 0.6) is 0 Å². The van der Waals surface area contributed by atoms with Crippen LogP contribution in [0.3, 0.4) is 0 Å². The van der Waals surface area contributed by atoms with Gasteiger partial charge in [-0.25, -0.2) is 8.42 Å². The number of amides is 1. The smallest absolute Gasteiger partial charge is 0.251 e. The first-order valence-electron chi connectivity index (χ1n) is 8.06. The van der Waals surface area contributed by atoms with Gasteiger partial charge in [0.15, 0.2) is 9.84 Å². The maximum Gasteiger partial charge on any atom is 0.251 e. The Bertz CT molecular complexity index is 818. The predicted molar refractivity (Wildman–Crippen MR) is 99.5 cm³/mol. The standard InChI is InChI=1S/C19H24N2O3S/c1-21(2)17(12-15-8-5-4-6-9-15)14-20-19(22)16-10-7-11-18(13-16)25(3,23)24/h4-11,13,17H,12,14H2,1-3H3,(H,20,22). The molecule has 5 nitrogen and oxygen atoms in total. The van der Waals surface area contributed by atoms with Crippen LogP contribution >= 0.6 is 0 Å². The van der Waals surface area contributed by atoms with E-state index in [1.54, 1.807) is 12.1 Å². The molecule has 134 valence electrons. The molecule has 6 heteroatoms. The fraction of sp³-hybridized carbons (Fsp3) is 0.316. The van der Waals surface area contributed by atoms with Crippen molar-refractivity contribution >= 4 is 15.7 Å². The van der Waals surface area contributed by atoms with Crippen molar-refractivity contribution in [1.29, 1.82) is 0 Å². The topological polar surface area (TPSA) is 66.5 Å². The third-order valence-corrected chi connectivity index (χ3v) is 5.18. The van der Waals surface area contributed by atoms with Crippen LogP contribution in [0.25, 0.3) is 0 Å². The lowest BCUT2D eigenvalue weighted by atomic mass is 10.1. The number of sulfone groups is 1.